The predicted molar refractivity (Wildman–Crippen MR) is 117 cm³/mol. The van der Waals surface area contributed by atoms with E-state index in [1.807, 2.05) is 53.4 Å². The van der Waals surface area contributed by atoms with Gasteiger partial charge in [0, 0.05) is 48.8 Å². The fourth-order valence-electron chi connectivity index (χ4n) is 3.96. The van der Waals surface area contributed by atoms with Crippen molar-refractivity contribution in [1.29, 1.82) is 0 Å². The van der Waals surface area contributed by atoms with E-state index in [0.29, 0.717) is 31.0 Å². The number of aliphatic carboxylic acids is 1. The number of carboxylic acid groups (broad SMARTS) is 1. The smallest absolute Gasteiger partial charge is 0.325 e. The highest BCUT2D eigenvalue weighted by Gasteiger charge is 2.34. The molecule has 1 atom stereocenters. The summed E-state index contributed by atoms with van der Waals surface area (Å²) in [6.07, 6.45) is 2.89. The first-order valence-corrected chi connectivity index (χ1v) is 11.9. The van der Waals surface area contributed by atoms with E-state index in [4.69, 9.17) is 4.74 Å². The SMILES string of the molecule is CS(=O)(=O)N1CCN([C@@H](C(=O)O)c2c[nH]c3ccc(OCc4ccccc4)cc23)CC1. The Morgan fingerprint density at radius 1 is 1.13 bits per heavy atom. The Bertz CT molecular complexity index is 1170. The van der Waals surface area contributed by atoms with Crippen LogP contribution in [0.25, 0.3) is 10.9 Å². The normalized spacial score (nSPS) is 16.9. The molecule has 0 spiro atoms. The van der Waals surface area contributed by atoms with E-state index in [0.717, 1.165) is 16.5 Å². The average molecular weight is 444 g/mol. The van der Waals surface area contributed by atoms with Crippen molar-refractivity contribution in [2.75, 3.05) is 32.4 Å². The zero-order valence-corrected chi connectivity index (χ0v) is 18.0. The highest BCUT2D eigenvalue weighted by atomic mass is 32.2. The van der Waals surface area contributed by atoms with Gasteiger partial charge in [-0.2, -0.15) is 4.31 Å². The van der Waals surface area contributed by atoms with Gasteiger partial charge in [-0.05, 0) is 23.8 Å². The van der Waals surface area contributed by atoms with Gasteiger partial charge in [0.25, 0.3) is 0 Å². The lowest BCUT2D eigenvalue weighted by atomic mass is 10.0. The third kappa shape index (κ3) is 4.73. The molecule has 1 aromatic heterocycles. The Kier molecular flexibility index (Phi) is 5.99. The van der Waals surface area contributed by atoms with Crippen LogP contribution >= 0.6 is 0 Å². The van der Waals surface area contributed by atoms with Crippen LogP contribution in [0.3, 0.4) is 0 Å². The number of H-pyrrole nitrogens is 1. The van der Waals surface area contributed by atoms with Crippen molar-refractivity contribution in [2.24, 2.45) is 0 Å². The van der Waals surface area contributed by atoms with Crippen molar-refractivity contribution in [2.45, 2.75) is 12.6 Å². The topological polar surface area (TPSA) is 103 Å². The van der Waals surface area contributed by atoms with Gasteiger partial charge in [-0.25, -0.2) is 8.42 Å². The summed E-state index contributed by atoms with van der Waals surface area (Å²) >= 11 is 0. The number of hydrogen-bond acceptors (Lipinski definition) is 5. The largest absolute Gasteiger partial charge is 0.489 e. The molecule has 2 N–H and O–H groups in total. The minimum absolute atomic E-state index is 0.274. The van der Waals surface area contributed by atoms with Gasteiger partial charge in [0.1, 0.15) is 18.4 Å². The van der Waals surface area contributed by atoms with Crippen molar-refractivity contribution in [3.63, 3.8) is 0 Å². The lowest BCUT2D eigenvalue weighted by Gasteiger charge is -2.36. The Balaban J connectivity index is 1.57. The fraction of sp³-hybridized carbons (Fsp3) is 0.318. The predicted octanol–water partition coefficient (Wildman–Crippen LogP) is 2.45. The number of carboxylic acids is 1. The van der Waals surface area contributed by atoms with Crippen molar-refractivity contribution >= 4 is 26.9 Å². The van der Waals surface area contributed by atoms with Gasteiger partial charge in [-0.15, -0.1) is 0 Å². The number of piperazine rings is 1. The molecule has 0 bridgehead atoms. The number of ether oxygens (including phenoxy) is 1. The quantitative estimate of drug-likeness (QED) is 0.582. The van der Waals surface area contributed by atoms with E-state index >= 15 is 0 Å². The second-order valence-electron chi connectivity index (χ2n) is 7.66. The number of hydrogen-bond donors (Lipinski definition) is 2. The van der Waals surface area contributed by atoms with Crippen LogP contribution in [0.15, 0.2) is 54.7 Å². The zero-order chi connectivity index (χ0) is 22.0. The molecule has 9 heteroatoms. The van der Waals surface area contributed by atoms with Crippen LogP contribution in [0, 0.1) is 0 Å². The third-order valence-corrected chi connectivity index (χ3v) is 6.87. The molecule has 1 aliphatic heterocycles. The third-order valence-electron chi connectivity index (χ3n) is 5.57. The van der Waals surface area contributed by atoms with Crippen LogP contribution in [0.1, 0.15) is 17.2 Å². The molecule has 3 aromatic rings. The van der Waals surface area contributed by atoms with Gasteiger partial charge >= 0.3 is 5.97 Å². The van der Waals surface area contributed by atoms with Gasteiger partial charge in [0.05, 0.1) is 6.26 Å². The van der Waals surface area contributed by atoms with E-state index in [1.54, 1.807) is 6.20 Å². The van der Waals surface area contributed by atoms with E-state index in [9.17, 15) is 18.3 Å². The average Bonchev–Trinajstić information content (AvgIpc) is 3.15. The zero-order valence-electron chi connectivity index (χ0n) is 17.2. The maximum Gasteiger partial charge on any atom is 0.325 e. The van der Waals surface area contributed by atoms with Gasteiger partial charge in [0.2, 0.25) is 10.0 Å². The molecular formula is C22H25N3O5S. The van der Waals surface area contributed by atoms with Crippen molar-refractivity contribution < 1.29 is 23.1 Å². The lowest BCUT2D eigenvalue weighted by molar-refractivity contribution is -0.144. The molecule has 1 saturated heterocycles. The summed E-state index contributed by atoms with van der Waals surface area (Å²) in [6.45, 7) is 1.66. The molecule has 2 aromatic carbocycles. The summed E-state index contributed by atoms with van der Waals surface area (Å²) < 4.78 is 30.8. The number of nitrogens with one attached hydrogen (secondary N) is 1. The summed E-state index contributed by atoms with van der Waals surface area (Å²) in [6, 6.07) is 14.5. The summed E-state index contributed by atoms with van der Waals surface area (Å²) in [5, 5.41) is 10.8. The first kappa shape index (κ1) is 21.4. The van der Waals surface area contributed by atoms with Crippen LogP contribution in [-0.4, -0.2) is 66.1 Å². The summed E-state index contributed by atoms with van der Waals surface area (Å²) in [4.78, 5) is 17.2. The number of benzene rings is 2. The molecule has 0 radical (unpaired) electrons. The monoisotopic (exact) mass is 443 g/mol. The number of sulfonamides is 1. The molecule has 2 heterocycles. The van der Waals surface area contributed by atoms with Crippen molar-refractivity contribution in [3.8, 4) is 5.75 Å². The van der Waals surface area contributed by atoms with Crippen molar-refractivity contribution in [1.82, 2.24) is 14.2 Å². The lowest BCUT2D eigenvalue weighted by Crippen LogP contribution is -2.50. The second kappa shape index (κ2) is 8.70. The highest BCUT2D eigenvalue weighted by Crippen LogP contribution is 2.32. The Labute approximate surface area is 181 Å². The molecule has 4 rings (SSSR count). The number of rotatable bonds is 7. The molecule has 1 aliphatic rings. The number of fused-ring (bicyclic) bond motifs is 1. The van der Waals surface area contributed by atoms with Crippen LogP contribution in [0.4, 0.5) is 0 Å². The summed E-state index contributed by atoms with van der Waals surface area (Å²) in [7, 11) is -3.28. The molecule has 1 fully saturated rings. The number of carbonyl (C=O) groups is 1. The minimum Gasteiger partial charge on any atom is -0.489 e. The van der Waals surface area contributed by atoms with E-state index in [2.05, 4.69) is 4.98 Å². The number of nitrogens with zero attached hydrogens (tertiary/aromatic N) is 2. The maximum absolute atomic E-state index is 12.2. The highest BCUT2D eigenvalue weighted by molar-refractivity contribution is 7.88. The number of aromatic nitrogens is 1. The molecule has 0 amide bonds. The Hall–Kier alpha value is -2.88. The second-order valence-corrected chi connectivity index (χ2v) is 9.65. The van der Waals surface area contributed by atoms with Crippen LogP contribution < -0.4 is 4.74 Å². The van der Waals surface area contributed by atoms with Crippen LogP contribution in [0.5, 0.6) is 5.75 Å². The maximum atomic E-state index is 12.2. The van der Waals surface area contributed by atoms with E-state index in [1.165, 1.54) is 10.6 Å². The molecule has 8 nitrogen and oxygen atoms in total. The van der Waals surface area contributed by atoms with Gasteiger partial charge in [-0.1, -0.05) is 30.3 Å². The van der Waals surface area contributed by atoms with E-state index < -0.39 is 22.0 Å². The van der Waals surface area contributed by atoms with Gasteiger partial charge < -0.3 is 14.8 Å². The Morgan fingerprint density at radius 3 is 2.48 bits per heavy atom. The first-order chi connectivity index (χ1) is 14.8. The standard InChI is InChI=1S/C22H25N3O5S/c1-31(28,29)25-11-9-24(10-12-25)21(22(26)27)19-14-23-20-8-7-17(13-18(19)20)30-15-16-5-3-2-4-6-16/h2-8,13-14,21,23H,9-12,15H2,1H3,(H,26,27)/t21-/m1/s1. The summed E-state index contributed by atoms with van der Waals surface area (Å²) in [5.74, 6) is -0.312. The summed E-state index contributed by atoms with van der Waals surface area (Å²) in [5.41, 5.74) is 2.51. The van der Waals surface area contributed by atoms with Crippen LogP contribution in [-0.2, 0) is 21.4 Å². The van der Waals surface area contributed by atoms with Gasteiger partial charge in [-0.3, -0.25) is 9.69 Å². The Morgan fingerprint density at radius 2 is 1.84 bits per heavy atom. The van der Waals surface area contributed by atoms with Crippen LogP contribution in [0.2, 0.25) is 0 Å². The fourth-order valence-corrected chi connectivity index (χ4v) is 4.78. The minimum atomic E-state index is -3.28. The molecule has 0 saturated carbocycles. The molecule has 31 heavy (non-hydrogen) atoms. The van der Waals surface area contributed by atoms with Crippen molar-refractivity contribution in [3.05, 3.63) is 65.9 Å². The molecular weight excluding hydrogens is 418 g/mol. The first-order valence-electron chi connectivity index (χ1n) is 10.0. The van der Waals surface area contributed by atoms with E-state index in [-0.39, 0.29) is 13.1 Å². The molecule has 0 aliphatic carbocycles. The molecule has 0 unspecified atom stereocenters. The number of aromatic amines is 1. The molecule has 164 valence electrons. The van der Waals surface area contributed by atoms with Gasteiger partial charge in [0.15, 0.2) is 0 Å².